The molecule has 0 bridgehead atoms. The SMILES string of the molecule is O=C(c1ccccc1C(F)(F)F)N1CCN(c2ccccc2F)CC1. The predicted molar refractivity (Wildman–Crippen MR) is 86.0 cm³/mol. The largest absolute Gasteiger partial charge is 0.417 e. The van der Waals surface area contributed by atoms with E-state index in [0.29, 0.717) is 18.8 Å². The summed E-state index contributed by atoms with van der Waals surface area (Å²) in [5.74, 6) is -1.01. The summed E-state index contributed by atoms with van der Waals surface area (Å²) >= 11 is 0. The van der Waals surface area contributed by atoms with E-state index in [-0.39, 0.29) is 24.5 Å². The van der Waals surface area contributed by atoms with Gasteiger partial charge in [-0.25, -0.2) is 4.39 Å². The second-order valence-electron chi connectivity index (χ2n) is 5.77. The molecule has 0 aliphatic carbocycles. The van der Waals surface area contributed by atoms with E-state index in [1.54, 1.807) is 23.1 Å². The second kappa shape index (κ2) is 6.74. The van der Waals surface area contributed by atoms with Crippen LogP contribution in [0.3, 0.4) is 0 Å². The molecule has 25 heavy (non-hydrogen) atoms. The number of halogens is 4. The first-order chi connectivity index (χ1) is 11.9. The number of para-hydroxylation sites is 1. The van der Waals surface area contributed by atoms with Crippen molar-refractivity contribution in [1.82, 2.24) is 4.90 Å². The van der Waals surface area contributed by atoms with Gasteiger partial charge in [-0.2, -0.15) is 13.2 Å². The third-order valence-electron chi connectivity index (χ3n) is 4.22. The first-order valence-corrected chi connectivity index (χ1v) is 7.83. The number of rotatable bonds is 2. The molecule has 1 heterocycles. The van der Waals surface area contributed by atoms with Crippen molar-refractivity contribution in [2.75, 3.05) is 31.1 Å². The van der Waals surface area contributed by atoms with Crippen LogP contribution in [0.4, 0.5) is 23.2 Å². The van der Waals surface area contributed by atoms with Crippen LogP contribution in [0.25, 0.3) is 0 Å². The number of hydrogen-bond acceptors (Lipinski definition) is 2. The van der Waals surface area contributed by atoms with E-state index in [4.69, 9.17) is 0 Å². The molecule has 0 atom stereocenters. The molecule has 3 rings (SSSR count). The summed E-state index contributed by atoms with van der Waals surface area (Å²) in [5, 5.41) is 0. The minimum absolute atomic E-state index is 0.235. The van der Waals surface area contributed by atoms with E-state index in [1.165, 1.54) is 29.2 Å². The molecule has 2 aromatic rings. The number of nitrogens with zero attached hydrogens (tertiary/aromatic N) is 2. The molecule has 7 heteroatoms. The van der Waals surface area contributed by atoms with Gasteiger partial charge < -0.3 is 9.80 Å². The molecule has 0 saturated carbocycles. The van der Waals surface area contributed by atoms with Gasteiger partial charge in [0.2, 0.25) is 0 Å². The summed E-state index contributed by atoms with van der Waals surface area (Å²) in [4.78, 5) is 15.7. The van der Waals surface area contributed by atoms with E-state index < -0.39 is 17.6 Å². The molecule has 2 aromatic carbocycles. The smallest absolute Gasteiger partial charge is 0.366 e. The van der Waals surface area contributed by atoms with Gasteiger partial charge in [-0.3, -0.25) is 4.79 Å². The van der Waals surface area contributed by atoms with Crippen molar-refractivity contribution in [1.29, 1.82) is 0 Å². The first kappa shape index (κ1) is 17.3. The summed E-state index contributed by atoms with van der Waals surface area (Å²) < 4.78 is 53.1. The molecule has 0 aromatic heterocycles. The van der Waals surface area contributed by atoms with Crippen molar-refractivity contribution in [3.05, 3.63) is 65.5 Å². The third-order valence-corrected chi connectivity index (χ3v) is 4.22. The maximum Gasteiger partial charge on any atom is 0.417 e. The van der Waals surface area contributed by atoms with Crippen molar-refractivity contribution >= 4 is 11.6 Å². The Hall–Kier alpha value is -2.57. The molecular weight excluding hydrogens is 336 g/mol. The minimum Gasteiger partial charge on any atom is -0.366 e. The Kier molecular flexibility index (Phi) is 4.65. The van der Waals surface area contributed by atoms with Gasteiger partial charge >= 0.3 is 6.18 Å². The van der Waals surface area contributed by atoms with Gasteiger partial charge in [-0.1, -0.05) is 24.3 Å². The van der Waals surface area contributed by atoms with Gasteiger partial charge in [0, 0.05) is 26.2 Å². The Labute approximate surface area is 142 Å². The van der Waals surface area contributed by atoms with Crippen LogP contribution >= 0.6 is 0 Å². The van der Waals surface area contributed by atoms with Crippen LogP contribution in [0.5, 0.6) is 0 Å². The first-order valence-electron chi connectivity index (χ1n) is 7.83. The maximum atomic E-state index is 13.8. The van der Waals surface area contributed by atoms with Crippen molar-refractivity contribution < 1.29 is 22.4 Å². The lowest BCUT2D eigenvalue weighted by molar-refractivity contribution is -0.138. The highest BCUT2D eigenvalue weighted by atomic mass is 19.4. The van der Waals surface area contributed by atoms with E-state index in [9.17, 15) is 22.4 Å². The molecule has 0 spiro atoms. The summed E-state index contributed by atoms with van der Waals surface area (Å²) in [6, 6.07) is 11.1. The van der Waals surface area contributed by atoms with Gasteiger partial charge in [0.15, 0.2) is 0 Å². The summed E-state index contributed by atoms with van der Waals surface area (Å²) in [6.07, 6.45) is -4.58. The summed E-state index contributed by atoms with van der Waals surface area (Å²) in [5.41, 5.74) is -0.851. The molecule has 132 valence electrons. The van der Waals surface area contributed by atoms with Crippen LogP contribution in [0, 0.1) is 5.82 Å². The van der Waals surface area contributed by atoms with Crippen LogP contribution < -0.4 is 4.90 Å². The summed E-state index contributed by atoms with van der Waals surface area (Å²) in [6.45, 7) is 1.19. The Morgan fingerprint density at radius 2 is 1.48 bits per heavy atom. The van der Waals surface area contributed by atoms with E-state index in [1.807, 2.05) is 0 Å². The van der Waals surface area contributed by atoms with Crippen LogP contribution in [0.15, 0.2) is 48.5 Å². The Morgan fingerprint density at radius 3 is 2.12 bits per heavy atom. The van der Waals surface area contributed by atoms with Crippen molar-refractivity contribution in [3.63, 3.8) is 0 Å². The highest BCUT2D eigenvalue weighted by Crippen LogP contribution is 2.32. The second-order valence-corrected chi connectivity index (χ2v) is 5.77. The normalized spacial score (nSPS) is 15.4. The van der Waals surface area contributed by atoms with Crippen molar-refractivity contribution in [2.24, 2.45) is 0 Å². The molecule has 1 fully saturated rings. The highest BCUT2D eigenvalue weighted by Gasteiger charge is 2.36. The fourth-order valence-corrected chi connectivity index (χ4v) is 2.95. The predicted octanol–water partition coefficient (Wildman–Crippen LogP) is 3.81. The van der Waals surface area contributed by atoms with E-state index >= 15 is 0 Å². The van der Waals surface area contributed by atoms with Gasteiger partial charge in [0.05, 0.1) is 16.8 Å². The van der Waals surface area contributed by atoms with Crippen LogP contribution in [0.1, 0.15) is 15.9 Å². The lowest BCUT2D eigenvalue weighted by Crippen LogP contribution is -2.49. The zero-order valence-electron chi connectivity index (χ0n) is 13.3. The molecule has 1 aliphatic rings. The lowest BCUT2D eigenvalue weighted by Gasteiger charge is -2.36. The number of anilines is 1. The highest BCUT2D eigenvalue weighted by molar-refractivity contribution is 5.96. The Bertz CT molecular complexity index is 768. The fraction of sp³-hybridized carbons (Fsp3) is 0.278. The molecule has 0 radical (unpaired) electrons. The summed E-state index contributed by atoms with van der Waals surface area (Å²) in [7, 11) is 0. The Balaban J connectivity index is 1.74. The quantitative estimate of drug-likeness (QED) is 0.768. The van der Waals surface area contributed by atoms with Crippen molar-refractivity contribution in [3.8, 4) is 0 Å². The van der Waals surface area contributed by atoms with Gasteiger partial charge in [0.1, 0.15) is 5.82 Å². The number of carbonyl (C=O) groups excluding carboxylic acids is 1. The molecular formula is C18H16F4N2O. The maximum absolute atomic E-state index is 13.8. The monoisotopic (exact) mass is 352 g/mol. The number of piperazine rings is 1. The van der Waals surface area contributed by atoms with E-state index in [2.05, 4.69) is 0 Å². The molecule has 3 nitrogen and oxygen atoms in total. The lowest BCUT2D eigenvalue weighted by atomic mass is 10.1. The third kappa shape index (κ3) is 3.60. The van der Waals surface area contributed by atoms with Crippen LogP contribution in [-0.2, 0) is 6.18 Å². The number of carbonyl (C=O) groups is 1. The topological polar surface area (TPSA) is 23.6 Å². The zero-order valence-corrected chi connectivity index (χ0v) is 13.3. The standard InChI is InChI=1S/C18H16F4N2O/c19-15-7-3-4-8-16(15)23-9-11-24(12-10-23)17(25)13-5-1-2-6-14(13)18(20,21)22/h1-8H,9-12H2. The Morgan fingerprint density at radius 1 is 0.880 bits per heavy atom. The van der Waals surface area contributed by atoms with Crippen LogP contribution in [-0.4, -0.2) is 37.0 Å². The van der Waals surface area contributed by atoms with Gasteiger partial charge in [-0.05, 0) is 24.3 Å². The molecule has 1 saturated heterocycles. The fourth-order valence-electron chi connectivity index (χ4n) is 2.95. The zero-order chi connectivity index (χ0) is 18.0. The number of hydrogen-bond donors (Lipinski definition) is 0. The van der Waals surface area contributed by atoms with Crippen LogP contribution in [0.2, 0.25) is 0 Å². The molecule has 0 N–H and O–H groups in total. The molecule has 1 amide bonds. The average Bonchev–Trinajstić information content (AvgIpc) is 2.61. The number of alkyl halides is 3. The van der Waals surface area contributed by atoms with Gasteiger partial charge in [-0.15, -0.1) is 0 Å². The number of benzene rings is 2. The average molecular weight is 352 g/mol. The molecule has 0 unspecified atom stereocenters. The minimum atomic E-state index is -4.58. The van der Waals surface area contributed by atoms with Gasteiger partial charge in [0.25, 0.3) is 5.91 Å². The van der Waals surface area contributed by atoms with Crippen molar-refractivity contribution in [2.45, 2.75) is 6.18 Å². The number of amides is 1. The molecule has 1 aliphatic heterocycles. The van der Waals surface area contributed by atoms with E-state index in [0.717, 1.165) is 6.07 Å².